The third-order valence-electron chi connectivity index (χ3n) is 3.43. The molecule has 2 heteroatoms. The average molecular weight is 183 g/mol. The van der Waals surface area contributed by atoms with Crippen LogP contribution in [0.15, 0.2) is 0 Å². The molecule has 1 fully saturated rings. The van der Waals surface area contributed by atoms with E-state index in [1.54, 1.807) is 6.92 Å². The molecule has 76 valence electrons. The molecule has 0 saturated heterocycles. The van der Waals surface area contributed by atoms with Crippen LogP contribution in [0.25, 0.3) is 0 Å². The first-order chi connectivity index (χ1) is 6.13. The van der Waals surface area contributed by atoms with Crippen molar-refractivity contribution in [2.24, 2.45) is 17.6 Å². The third-order valence-corrected chi connectivity index (χ3v) is 3.43. The van der Waals surface area contributed by atoms with Gasteiger partial charge < -0.3 is 5.73 Å². The lowest BCUT2D eigenvalue weighted by Crippen LogP contribution is -2.39. The van der Waals surface area contributed by atoms with Crippen molar-refractivity contribution < 1.29 is 4.79 Å². The fourth-order valence-electron chi connectivity index (χ4n) is 2.32. The quantitative estimate of drug-likeness (QED) is 0.728. The van der Waals surface area contributed by atoms with Gasteiger partial charge in [-0.25, -0.2) is 0 Å². The van der Waals surface area contributed by atoms with Gasteiger partial charge >= 0.3 is 0 Å². The zero-order valence-electron chi connectivity index (χ0n) is 8.75. The molecule has 2 nitrogen and oxygen atoms in total. The van der Waals surface area contributed by atoms with Crippen molar-refractivity contribution >= 4 is 5.78 Å². The summed E-state index contributed by atoms with van der Waals surface area (Å²) >= 11 is 0. The largest absolute Gasteiger partial charge is 0.321 e. The maximum absolute atomic E-state index is 11.1. The van der Waals surface area contributed by atoms with Crippen LogP contribution in [0.2, 0.25) is 0 Å². The standard InChI is InChI=1S/C11H21NO/c1-8(11(12)9(2)13)10-6-4-3-5-7-10/h8,10-11H,3-7,12H2,1-2H3/t8-,11-/m0/s1. The summed E-state index contributed by atoms with van der Waals surface area (Å²) in [6, 6.07) is -0.233. The molecule has 0 heterocycles. The van der Waals surface area contributed by atoms with Crippen LogP contribution in [0.1, 0.15) is 46.0 Å². The van der Waals surface area contributed by atoms with E-state index in [0.717, 1.165) is 0 Å². The predicted molar refractivity (Wildman–Crippen MR) is 54.4 cm³/mol. The lowest BCUT2D eigenvalue weighted by molar-refractivity contribution is -0.119. The molecule has 0 spiro atoms. The molecule has 0 bridgehead atoms. The van der Waals surface area contributed by atoms with Gasteiger partial charge in [-0.05, 0) is 18.8 Å². The van der Waals surface area contributed by atoms with Gasteiger partial charge in [-0.1, -0.05) is 39.0 Å². The van der Waals surface area contributed by atoms with Gasteiger partial charge in [0.15, 0.2) is 0 Å². The Labute approximate surface area is 80.9 Å². The van der Waals surface area contributed by atoms with E-state index >= 15 is 0 Å². The summed E-state index contributed by atoms with van der Waals surface area (Å²) < 4.78 is 0. The number of carbonyl (C=O) groups is 1. The first kappa shape index (κ1) is 10.7. The Kier molecular flexibility index (Phi) is 3.91. The summed E-state index contributed by atoms with van der Waals surface area (Å²) in [5.41, 5.74) is 5.84. The lowest BCUT2D eigenvalue weighted by atomic mass is 9.77. The summed E-state index contributed by atoms with van der Waals surface area (Å²) in [6.45, 7) is 3.73. The summed E-state index contributed by atoms with van der Waals surface area (Å²) in [5, 5.41) is 0. The van der Waals surface area contributed by atoms with Crippen molar-refractivity contribution in [3.63, 3.8) is 0 Å². The van der Waals surface area contributed by atoms with E-state index in [1.807, 2.05) is 0 Å². The summed E-state index contributed by atoms with van der Waals surface area (Å²) in [4.78, 5) is 11.1. The summed E-state index contributed by atoms with van der Waals surface area (Å²) in [6.07, 6.45) is 6.53. The fourth-order valence-corrected chi connectivity index (χ4v) is 2.32. The molecule has 13 heavy (non-hydrogen) atoms. The van der Waals surface area contributed by atoms with E-state index in [2.05, 4.69) is 6.92 Å². The van der Waals surface area contributed by atoms with Crippen molar-refractivity contribution in [3.8, 4) is 0 Å². The number of hydrogen-bond donors (Lipinski definition) is 1. The minimum Gasteiger partial charge on any atom is -0.321 e. The van der Waals surface area contributed by atoms with Gasteiger partial charge in [-0.3, -0.25) is 4.79 Å². The Morgan fingerprint density at radius 3 is 2.31 bits per heavy atom. The highest BCUT2D eigenvalue weighted by Gasteiger charge is 2.26. The second-order valence-corrected chi connectivity index (χ2v) is 4.39. The number of carbonyl (C=O) groups excluding carboxylic acids is 1. The smallest absolute Gasteiger partial charge is 0.146 e. The fraction of sp³-hybridized carbons (Fsp3) is 0.909. The number of ketones is 1. The third kappa shape index (κ3) is 2.80. The monoisotopic (exact) mass is 183 g/mol. The van der Waals surface area contributed by atoms with Crippen LogP contribution in [0.5, 0.6) is 0 Å². The van der Waals surface area contributed by atoms with Crippen LogP contribution in [-0.2, 0) is 4.79 Å². The molecule has 0 aromatic carbocycles. The first-order valence-corrected chi connectivity index (χ1v) is 5.39. The van der Waals surface area contributed by atoms with Gasteiger partial charge in [0.25, 0.3) is 0 Å². The Balaban J connectivity index is 2.44. The van der Waals surface area contributed by atoms with Gasteiger partial charge in [-0.15, -0.1) is 0 Å². The van der Waals surface area contributed by atoms with E-state index < -0.39 is 0 Å². The van der Waals surface area contributed by atoms with E-state index in [4.69, 9.17) is 5.73 Å². The van der Waals surface area contributed by atoms with Crippen LogP contribution in [-0.4, -0.2) is 11.8 Å². The van der Waals surface area contributed by atoms with Crippen molar-refractivity contribution in [2.45, 2.75) is 52.0 Å². The number of nitrogens with two attached hydrogens (primary N) is 1. The Morgan fingerprint density at radius 1 is 1.31 bits per heavy atom. The highest BCUT2D eigenvalue weighted by atomic mass is 16.1. The predicted octanol–water partition coefficient (Wildman–Crippen LogP) is 2.12. The second kappa shape index (κ2) is 4.75. The van der Waals surface area contributed by atoms with E-state index in [0.29, 0.717) is 11.8 Å². The van der Waals surface area contributed by atoms with Crippen molar-refractivity contribution in [1.29, 1.82) is 0 Å². The van der Waals surface area contributed by atoms with Gasteiger partial charge in [0.2, 0.25) is 0 Å². The molecule has 1 saturated carbocycles. The van der Waals surface area contributed by atoms with Crippen LogP contribution in [0.4, 0.5) is 0 Å². The summed E-state index contributed by atoms with van der Waals surface area (Å²) in [7, 11) is 0. The average Bonchev–Trinajstić information content (AvgIpc) is 2.17. The van der Waals surface area contributed by atoms with Crippen molar-refractivity contribution in [2.75, 3.05) is 0 Å². The molecule has 0 aliphatic heterocycles. The first-order valence-electron chi connectivity index (χ1n) is 5.39. The molecule has 0 radical (unpaired) electrons. The van der Waals surface area contributed by atoms with Crippen LogP contribution in [0.3, 0.4) is 0 Å². The molecular weight excluding hydrogens is 162 g/mol. The van der Waals surface area contributed by atoms with Crippen molar-refractivity contribution in [3.05, 3.63) is 0 Å². The minimum atomic E-state index is -0.233. The van der Waals surface area contributed by atoms with E-state index in [-0.39, 0.29) is 11.8 Å². The highest BCUT2D eigenvalue weighted by molar-refractivity contribution is 5.81. The van der Waals surface area contributed by atoms with E-state index in [1.165, 1.54) is 32.1 Å². The van der Waals surface area contributed by atoms with Gasteiger partial charge in [-0.2, -0.15) is 0 Å². The van der Waals surface area contributed by atoms with Crippen LogP contribution >= 0.6 is 0 Å². The summed E-state index contributed by atoms with van der Waals surface area (Å²) in [5.74, 6) is 1.20. The van der Waals surface area contributed by atoms with Gasteiger partial charge in [0.05, 0.1) is 6.04 Å². The molecular formula is C11H21NO. The van der Waals surface area contributed by atoms with Crippen LogP contribution in [0, 0.1) is 11.8 Å². The Bertz CT molecular complexity index is 173. The maximum Gasteiger partial charge on any atom is 0.146 e. The zero-order chi connectivity index (χ0) is 9.84. The van der Waals surface area contributed by atoms with Crippen LogP contribution < -0.4 is 5.73 Å². The molecule has 0 aromatic rings. The second-order valence-electron chi connectivity index (χ2n) is 4.39. The van der Waals surface area contributed by atoms with Crippen molar-refractivity contribution in [1.82, 2.24) is 0 Å². The molecule has 2 N–H and O–H groups in total. The molecule has 2 atom stereocenters. The lowest BCUT2D eigenvalue weighted by Gasteiger charge is -2.30. The molecule has 1 aliphatic rings. The molecule has 0 aromatic heterocycles. The molecule has 1 rings (SSSR count). The SMILES string of the molecule is CC(=O)[C@@H](N)[C@@H](C)C1CCCCC1. The number of rotatable bonds is 3. The van der Waals surface area contributed by atoms with Gasteiger partial charge in [0.1, 0.15) is 5.78 Å². The minimum absolute atomic E-state index is 0.137. The van der Waals surface area contributed by atoms with Gasteiger partial charge in [0, 0.05) is 0 Å². The topological polar surface area (TPSA) is 43.1 Å². The highest BCUT2D eigenvalue weighted by Crippen LogP contribution is 2.31. The Hall–Kier alpha value is -0.370. The molecule has 1 aliphatic carbocycles. The van der Waals surface area contributed by atoms with E-state index in [9.17, 15) is 4.79 Å². The normalized spacial score (nSPS) is 23.9. The molecule has 0 unspecified atom stereocenters. The number of Topliss-reactive ketones (excluding diaryl/α,β-unsaturated/α-hetero) is 1. The zero-order valence-corrected chi connectivity index (χ0v) is 8.75. The Morgan fingerprint density at radius 2 is 1.85 bits per heavy atom. The molecule has 0 amide bonds. The maximum atomic E-state index is 11.1. The number of hydrogen-bond acceptors (Lipinski definition) is 2.